The van der Waals surface area contributed by atoms with E-state index in [0.29, 0.717) is 12.1 Å². The fraction of sp³-hybridized carbons (Fsp3) is 0.312. The number of anilines is 4. The van der Waals surface area contributed by atoms with Gasteiger partial charge in [0.2, 0.25) is 0 Å². The van der Waals surface area contributed by atoms with Crippen LogP contribution < -0.4 is 21.7 Å². The Balaban J connectivity index is 1.96. The number of carbonyl (C=O) groups is 1. The molecule has 0 radical (unpaired) electrons. The van der Waals surface area contributed by atoms with E-state index in [0.717, 1.165) is 12.1 Å². The van der Waals surface area contributed by atoms with Gasteiger partial charge >= 0.3 is 0 Å². The van der Waals surface area contributed by atoms with Crippen molar-refractivity contribution in [3.05, 3.63) is 35.5 Å². The van der Waals surface area contributed by atoms with E-state index in [2.05, 4.69) is 25.9 Å². The number of aromatic nitrogens is 2. The molecule has 1 aliphatic carbocycles. The quantitative estimate of drug-likeness (QED) is 0.626. The van der Waals surface area contributed by atoms with E-state index >= 15 is 0 Å². The van der Waals surface area contributed by atoms with Crippen molar-refractivity contribution >= 4 is 29.0 Å². The average molecular weight is 366 g/mol. The molecule has 3 rings (SSSR count). The summed E-state index contributed by atoms with van der Waals surface area (Å²) in [5, 5.41) is 8.15. The minimum absolute atomic E-state index is 0.0184. The molecule has 2 atom stereocenters. The monoisotopic (exact) mass is 366 g/mol. The summed E-state index contributed by atoms with van der Waals surface area (Å²) in [5.74, 6) is -0.468. The van der Waals surface area contributed by atoms with Gasteiger partial charge in [-0.05, 0) is 18.2 Å². The summed E-state index contributed by atoms with van der Waals surface area (Å²) in [5.41, 5.74) is 5.75. The van der Waals surface area contributed by atoms with Crippen LogP contribution in [0.15, 0.2) is 24.4 Å². The second kappa shape index (κ2) is 7.06. The van der Waals surface area contributed by atoms with E-state index in [1.54, 1.807) is 0 Å². The first-order chi connectivity index (χ1) is 12.4. The first-order valence-electron chi connectivity index (χ1n) is 7.83. The molecule has 1 fully saturated rings. The van der Waals surface area contributed by atoms with Gasteiger partial charge < -0.3 is 21.7 Å². The van der Waals surface area contributed by atoms with Crippen LogP contribution in [0.5, 0.6) is 0 Å². The van der Waals surface area contributed by atoms with Gasteiger partial charge in [0.25, 0.3) is 12.3 Å². The number of nitrogens with two attached hydrogens (primary N) is 1. The molecule has 1 amide bonds. The van der Waals surface area contributed by atoms with Crippen molar-refractivity contribution in [1.82, 2.24) is 15.3 Å². The zero-order chi connectivity index (χ0) is 18.8. The highest BCUT2D eigenvalue weighted by Crippen LogP contribution is 2.33. The Hall–Kier alpha value is -3.04. The number of nitrogens with one attached hydrogen (secondary N) is 3. The predicted octanol–water partition coefficient (Wildman–Crippen LogP) is 2.62. The molecule has 10 heteroatoms. The third kappa shape index (κ3) is 3.79. The number of hydrogen-bond donors (Lipinski definition) is 4. The predicted molar refractivity (Wildman–Crippen MR) is 91.4 cm³/mol. The number of rotatable bonds is 6. The van der Waals surface area contributed by atoms with E-state index in [-0.39, 0.29) is 34.6 Å². The molecule has 1 saturated carbocycles. The molecule has 138 valence electrons. The molecule has 0 saturated heterocycles. The Kier molecular flexibility index (Phi) is 4.83. The summed E-state index contributed by atoms with van der Waals surface area (Å²) in [4.78, 5) is 20.3. The molecule has 0 unspecified atom stereocenters. The molecule has 26 heavy (non-hydrogen) atoms. The van der Waals surface area contributed by atoms with Gasteiger partial charge in [-0.25, -0.2) is 23.1 Å². The van der Waals surface area contributed by atoms with Gasteiger partial charge in [-0.2, -0.15) is 0 Å². The molecule has 1 aliphatic rings. The third-order valence-corrected chi connectivity index (χ3v) is 3.82. The van der Waals surface area contributed by atoms with Gasteiger partial charge in [0.15, 0.2) is 0 Å². The Labute approximate surface area is 147 Å². The number of hydrogen-bond acceptors (Lipinski definition) is 6. The van der Waals surface area contributed by atoms with Crippen LogP contribution in [0.3, 0.4) is 0 Å². The number of carbonyl (C=O) groups excluding carboxylic acids is 1. The van der Waals surface area contributed by atoms with Crippen molar-refractivity contribution in [2.24, 2.45) is 0 Å². The number of halogens is 3. The molecule has 5 N–H and O–H groups in total. The van der Waals surface area contributed by atoms with Gasteiger partial charge in [0, 0.05) is 25.2 Å². The number of nitrogen functional groups attached to an aromatic ring is 1. The van der Waals surface area contributed by atoms with E-state index < -0.39 is 18.5 Å². The smallest absolute Gasteiger partial charge is 0.264 e. The molecule has 0 aromatic carbocycles. The summed E-state index contributed by atoms with van der Waals surface area (Å²) in [6.45, 7) is 0. The highest BCUT2D eigenvalue weighted by Gasteiger charge is 2.38. The van der Waals surface area contributed by atoms with Gasteiger partial charge in [-0.15, -0.1) is 0 Å². The van der Waals surface area contributed by atoms with Crippen molar-refractivity contribution in [1.29, 1.82) is 0 Å². The molecule has 2 aromatic heterocycles. The topological polar surface area (TPSA) is 105 Å². The van der Waals surface area contributed by atoms with Crippen LogP contribution in [-0.4, -0.2) is 35.1 Å². The minimum atomic E-state index is -2.73. The summed E-state index contributed by atoms with van der Waals surface area (Å²) in [7, 11) is 1.44. The Morgan fingerprint density at radius 2 is 2.12 bits per heavy atom. The van der Waals surface area contributed by atoms with E-state index in [9.17, 15) is 18.0 Å². The lowest BCUT2D eigenvalue weighted by atomic mass is 10.2. The minimum Gasteiger partial charge on any atom is -0.384 e. The lowest BCUT2D eigenvalue weighted by molar-refractivity contribution is 0.0964. The van der Waals surface area contributed by atoms with Crippen molar-refractivity contribution in [2.45, 2.75) is 25.1 Å². The zero-order valence-electron chi connectivity index (χ0n) is 13.8. The molecule has 2 aromatic rings. The molecular weight excluding hydrogens is 349 g/mol. The van der Waals surface area contributed by atoms with Crippen LogP contribution in [0.4, 0.5) is 36.3 Å². The Morgan fingerprint density at radius 1 is 1.38 bits per heavy atom. The highest BCUT2D eigenvalue weighted by atomic mass is 19.3. The van der Waals surface area contributed by atoms with Crippen molar-refractivity contribution < 1.29 is 18.0 Å². The summed E-state index contributed by atoms with van der Waals surface area (Å²) >= 11 is 0. The highest BCUT2D eigenvalue weighted by molar-refractivity contribution is 6.04. The second-order valence-corrected chi connectivity index (χ2v) is 5.80. The number of pyridine rings is 2. The maximum atomic E-state index is 13.2. The van der Waals surface area contributed by atoms with Gasteiger partial charge in [0.1, 0.15) is 29.2 Å². The Morgan fingerprint density at radius 3 is 2.73 bits per heavy atom. The van der Waals surface area contributed by atoms with Crippen molar-refractivity contribution in [2.75, 3.05) is 23.4 Å². The van der Waals surface area contributed by atoms with Gasteiger partial charge in [-0.3, -0.25) is 4.79 Å². The molecule has 2 heterocycles. The van der Waals surface area contributed by atoms with E-state index in [1.807, 2.05) is 0 Å². The maximum absolute atomic E-state index is 13.2. The third-order valence-electron chi connectivity index (χ3n) is 3.82. The van der Waals surface area contributed by atoms with Crippen LogP contribution in [-0.2, 0) is 0 Å². The van der Waals surface area contributed by atoms with E-state index in [1.165, 1.54) is 19.3 Å². The maximum Gasteiger partial charge on any atom is 0.264 e. The molecular formula is C16H17F3N6O. The van der Waals surface area contributed by atoms with Crippen LogP contribution in [0.25, 0.3) is 0 Å². The van der Waals surface area contributed by atoms with Gasteiger partial charge in [0.05, 0.1) is 11.7 Å². The van der Waals surface area contributed by atoms with Crippen LogP contribution in [0, 0.1) is 0 Å². The van der Waals surface area contributed by atoms with Gasteiger partial charge in [-0.1, -0.05) is 0 Å². The normalized spacial score (nSPS) is 18.5. The largest absolute Gasteiger partial charge is 0.384 e. The fourth-order valence-electron chi connectivity index (χ4n) is 2.43. The Bertz CT molecular complexity index is 832. The van der Waals surface area contributed by atoms with Crippen molar-refractivity contribution in [3.63, 3.8) is 0 Å². The van der Waals surface area contributed by atoms with Crippen LogP contribution in [0.1, 0.15) is 28.8 Å². The number of amides is 1. The van der Waals surface area contributed by atoms with Crippen LogP contribution >= 0.6 is 0 Å². The standard InChI is InChI=1S/C16H17F3N6O/c1-21-16(26)13-9(23-10-6-8(10)17)2-3-22-15(13)25-12-5-7(14(18)19)4-11(20)24-12/h2-5,8,10,14H,6H2,1H3,(H,21,26)(H4,20,22,23,24,25)/t8-,10+/m1/s1. The second-order valence-electron chi connectivity index (χ2n) is 5.80. The SMILES string of the molecule is CNC(=O)c1c(N[C@H]2C[C@H]2F)ccnc1Nc1cc(C(F)F)cc(N)n1. The lowest BCUT2D eigenvalue weighted by Gasteiger charge is -2.15. The molecule has 0 spiro atoms. The fourth-order valence-corrected chi connectivity index (χ4v) is 2.43. The molecule has 0 bridgehead atoms. The van der Waals surface area contributed by atoms with Crippen molar-refractivity contribution in [3.8, 4) is 0 Å². The van der Waals surface area contributed by atoms with E-state index in [4.69, 9.17) is 5.73 Å². The van der Waals surface area contributed by atoms with Crippen LogP contribution in [0.2, 0.25) is 0 Å². The summed E-state index contributed by atoms with van der Waals surface area (Å²) in [6, 6.07) is 3.35. The number of alkyl halides is 3. The summed E-state index contributed by atoms with van der Waals surface area (Å²) in [6.07, 6.45) is -1.93. The average Bonchev–Trinajstić information content (AvgIpc) is 3.28. The molecule has 0 aliphatic heterocycles. The number of nitrogens with zero attached hydrogens (tertiary/aromatic N) is 2. The lowest BCUT2D eigenvalue weighted by Crippen LogP contribution is -2.22. The summed E-state index contributed by atoms with van der Waals surface area (Å²) < 4.78 is 39.1. The first kappa shape index (κ1) is 17.8. The zero-order valence-corrected chi connectivity index (χ0v) is 13.8. The molecule has 7 nitrogen and oxygen atoms in total. The first-order valence-corrected chi connectivity index (χ1v) is 7.83.